The van der Waals surface area contributed by atoms with Crippen molar-refractivity contribution in [3.05, 3.63) is 53.6 Å². The van der Waals surface area contributed by atoms with Gasteiger partial charge >= 0.3 is 0 Å². The summed E-state index contributed by atoms with van der Waals surface area (Å²) in [6.45, 7) is 3.85. The lowest BCUT2D eigenvalue weighted by molar-refractivity contribution is 0.122. The van der Waals surface area contributed by atoms with Gasteiger partial charge in [0.2, 0.25) is 0 Å². The smallest absolute Gasteiger partial charge is 0.170 e. The van der Waals surface area contributed by atoms with E-state index in [2.05, 4.69) is 23.1 Å². The third-order valence-electron chi connectivity index (χ3n) is 4.98. The third kappa shape index (κ3) is 1.94. The summed E-state index contributed by atoms with van der Waals surface area (Å²) in [5.41, 5.74) is 2.80. The van der Waals surface area contributed by atoms with E-state index in [4.69, 9.17) is 19.2 Å². The summed E-state index contributed by atoms with van der Waals surface area (Å²) in [5, 5.41) is 0. The molecule has 0 N–H and O–H groups in total. The normalized spacial score (nSPS) is 24.2. The number of fused-ring (bicyclic) bond motifs is 4. The molecule has 5 nitrogen and oxygen atoms in total. The minimum atomic E-state index is -0.507. The summed E-state index contributed by atoms with van der Waals surface area (Å²) in [5.74, 6) is 1.71. The number of rotatable bonds is 1. The molecule has 5 rings (SSSR count). The number of aliphatic imine (C=N–C) groups is 1. The molecule has 5 heteroatoms. The number of anilines is 1. The second-order valence-electron chi connectivity index (χ2n) is 6.28. The van der Waals surface area contributed by atoms with E-state index >= 15 is 0 Å². The van der Waals surface area contributed by atoms with Gasteiger partial charge in [0.15, 0.2) is 11.9 Å². The summed E-state index contributed by atoms with van der Waals surface area (Å²) in [6, 6.07) is 14.4. The highest BCUT2D eigenvalue weighted by Gasteiger charge is 2.45. The van der Waals surface area contributed by atoms with Gasteiger partial charge in [0.05, 0.1) is 13.2 Å². The van der Waals surface area contributed by atoms with Gasteiger partial charge in [-0.1, -0.05) is 18.2 Å². The van der Waals surface area contributed by atoms with Crippen molar-refractivity contribution in [2.75, 3.05) is 37.8 Å². The van der Waals surface area contributed by atoms with E-state index in [1.807, 2.05) is 24.3 Å². The summed E-state index contributed by atoms with van der Waals surface area (Å²) < 4.78 is 17.2. The predicted octanol–water partition coefficient (Wildman–Crippen LogP) is 2.93. The second kappa shape index (κ2) is 5.24. The lowest BCUT2D eigenvalue weighted by Gasteiger charge is -2.35. The lowest BCUT2D eigenvalue weighted by atomic mass is 9.81. The Labute approximate surface area is 140 Å². The Morgan fingerprint density at radius 1 is 0.958 bits per heavy atom. The average molecular weight is 322 g/mol. The van der Waals surface area contributed by atoms with Gasteiger partial charge in [-0.15, -0.1) is 0 Å². The van der Waals surface area contributed by atoms with Crippen LogP contribution in [0.1, 0.15) is 11.1 Å². The van der Waals surface area contributed by atoms with Crippen LogP contribution >= 0.6 is 0 Å². The van der Waals surface area contributed by atoms with E-state index in [9.17, 15) is 0 Å². The molecule has 1 fully saturated rings. The number of morpholine rings is 1. The van der Waals surface area contributed by atoms with Gasteiger partial charge in [-0.25, -0.2) is 4.99 Å². The second-order valence-corrected chi connectivity index (χ2v) is 6.28. The van der Waals surface area contributed by atoms with Crippen molar-refractivity contribution in [3.63, 3.8) is 0 Å². The Morgan fingerprint density at radius 3 is 2.62 bits per heavy atom. The molecule has 1 spiro atoms. The van der Waals surface area contributed by atoms with E-state index in [0.29, 0.717) is 6.61 Å². The zero-order valence-corrected chi connectivity index (χ0v) is 13.3. The molecule has 24 heavy (non-hydrogen) atoms. The van der Waals surface area contributed by atoms with E-state index in [0.717, 1.165) is 48.9 Å². The summed E-state index contributed by atoms with van der Waals surface area (Å²) in [6.07, 6.45) is 1.56. The number of ether oxygens (including phenoxy) is 3. The van der Waals surface area contributed by atoms with Gasteiger partial charge in [-0.05, 0) is 24.3 Å². The Hall–Kier alpha value is -2.53. The molecular weight excluding hydrogens is 304 g/mol. The predicted molar refractivity (Wildman–Crippen MR) is 91.2 cm³/mol. The highest BCUT2D eigenvalue weighted by Crippen LogP contribution is 2.51. The van der Waals surface area contributed by atoms with Gasteiger partial charge in [0.25, 0.3) is 0 Å². The van der Waals surface area contributed by atoms with Crippen molar-refractivity contribution in [1.82, 2.24) is 0 Å². The van der Waals surface area contributed by atoms with Crippen LogP contribution in [0.25, 0.3) is 0 Å². The zero-order valence-electron chi connectivity index (χ0n) is 13.3. The summed E-state index contributed by atoms with van der Waals surface area (Å²) in [7, 11) is 0. The molecule has 3 heterocycles. The topological polar surface area (TPSA) is 43.3 Å². The molecule has 0 aromatic heterocycles. The molecule has 1 unspecified atom stereocenters. The highest BCUT2D eigenvalue weighted by atomic mass is 16.5. The van der Waals surface area contributed by atoms with Crippen LogP contribution in [0.15, 0.2) is 47.5 Å². The van der Waals surface area contributed by atoms with Crippen LogP contribution < -0.4 is 9.64 Å². The molecule has 2 aromatic carbocycles. The highest BCUT2D eigenvalue weighted by molar-refractivity contribution is 5.66. The Morgan fingerprint density at radius 2 is 1.79 bits per heavy atom. The van der Waals surface area contributed by atoms with Crippen LogP contribution in [0.3, 0.4) is 0 Å². The summed E-state index contributed by atoms with van der Waals surface area (Å²) >= 11 is 0. The molecule has 0 aliphatic carbocycles. The largest absolute Gasteiger partial charge is 0.480 e. The van der Waals surface area contributed by atoms with Crippen molar-refractivity contribution in [1.29, 1.82) is 0 Å². The fourth-order valence-corrected chi connectivity index (χ4v) is 3.73. The summed E-state index contributed by atoms with van der Waals surface area (Å²) in [4.78, 5) is 7.07. The van der Waals surface area contributed by atoms with Gasteiger partial charge in [0.1, 0.15) is 18.1 Å². The Balaban J connectivity index is 1.65. The maximum Gasteiger partial charge on any atom is 0.170 e. The van der Waals surface area contributed by atoms with Crippen molar-refractivity contribution in [2.24, 2.45) is 4.99 Å². The minimum Gasteiger partial charge on any atom is -0.480 e. The van der Waals surface area contributed by atoms with Gasteiger partial charge in [-0.2, -0.15) is 0 Å². The molecule has 3 aliphatic rings. The van der Waals surface area contributed by atoms with E-state index in [1.165, 1.54) is 5.69 Å². The SMILES string of the molecule is C1=NC2(CO1)c1ccccc1Oc1ccc(N3CCOCC3)cc12. The number of hydrogen-bond acceptors (Lipinski definition) is 5. The molecule has 0 bridgehead atoms. The van der Waals surface area contributed by atoms with Crippen LogP contribution in [-0.2, 0) is 15.0 Å². The van der Waals surface area contributed by atoms with Crippen LogP contribution in [0.5, 0.6) is 11.5 Å². The Bertz CT molecular complexity index is 814. The first-order valence-corrected chi connectivity index (χ1v) is 8.27. The molecule has 0 saturated carbocycles. The van der Waals surface area contributed by atoms with Crippen molar-refractivity contribution in [3.8, 4) is 11.5 Å². The maximum absolute atomic E-state index is 6.13. The van der Waals surface area contributed by atoms with Gasteiger partial charge in [-0.3, -0.25) is 0 Å². The minimum absolute atomic E-state index is 0.507. The Kier molecular flexibility index (Phi) is 3.03. The van der Waals surface area contributed by atoms with E-state index in [-0.39, 0.29) is 0 Å². The number of hydrogen-bond donors (Lipinski definition) is 0. The number of nitrogens with zero attached hydrogens (tertiary/aromatic N) is 2. The third-order valence-corrected chi connectivity index (χ3v) is 4.98. The lowest BCUT2D eigenvalue weighted by Crippen LogP contribution is -2.37. The molecule has 0 radical (unpaired) electrons. The molecule has 0 amide bonds. The van der Waals surface area contributed by atoms with E-state index in [1.54, 1.807) is 6.40 Å². The number of para-hydroxylation sites is 1. The zero-order chi connectivity index (χ0) is 16.0. The maximum atomic E-state index is 6.13. The number of benzene rings is 2. The van der Waals surface area contributed by atoms with Crippen LogP contribution in [0.2, 0.25) is 0 Å². The fraction of sp³-hybridized carbons (Fsp3) is 0.316. The van der Waals surface area contributed by atoms with Gasteiger partial charge < -0.3 is 19.1 Å². The van der Waals surface area contributed by atoms with Crippen LogP contribution in [0, 0.1) is 0 Å². The van der Waals surface area contributed by atoms with Crippen LogP contribution in [-0.4, -0.2) is 39.3 Å². The van der Waals surface area contributed by atoms with E-state index < -0.39 is 5.54 Å². The average Bonchev–Trinajstić information content (AvgIpc) is 3.13. The van der Waals surface area contributed by atoms with Crippen molar-refractivity contribution in [2.45, 2.75) is 5.54 Å². The first-order chi connectivity index (χ1) is 11.9. The fourth-order valence-electron chi connectivity index (χ4n) is 3.73. The monoisotopic (exact) mass is 322 g/mol. The first-order valence-electron chi connectivity index (χ1n) is 8.27. The van der Waals surface area contributed by atoms with Crippen molar-refractivity contribution >= 4 is 12.1 Å². The molecule has 1 atom stereocenters. The molecule has 2 aromatic rings. The molecule has 3 aliphatic heterocycles. The standard InChI is InChI=1S/C19H18N2O3/c1-2-4-17-15(3-1)19(12-23-13-20-19)16-11-14(5-6-18(16)24-17)21-7-9-22-10-8-21/h1-6,11,13H,7-10,12H2. The van der Waals surface area contributed by atoms with Gasteiger partial charge in [0, 0.05) is 29.9 Å². The quantitative estimate of drug-likeness (QED) is 0.810. The van der Waals surface area contributed by atoms with Crippen molar-refractivity contribution < 1.29 is 14.2 Å². The molecule has 122 valence electrons. The molecule has 1 saturated heterocycles. The first kappa shape index (κ1) is 13.9. The molecular formula is C19H18N2O3. The van der Waals surface area contributed by atoms with Crippen LogP contribution in [0.4, 0.5) is 5.69 Å².